The summed E-state index contributed by atoms with van der Waals surface area (Å²) < 4.78 is 18.6. The molecule has 0 bridgehead atoms. The largest absolute Gasteiger partial charge is 0.381 e. The topological polar surface area (TPSA) is 47.3 Å². The van der Waals surface area contributed by atoms with Crippen molar-refractivity contribution >= 4 is 17.3 Å². The number of anilines is 1. The van der Waals surface area contributed by atoms with Crippen LogP contribution in [0.1, 0.15) is 12.8 Å². The third-order valence-electron chi connectivity index (χ3n) is 3.30. The maximum absolute atomic E-state index is 13.2. The summed E-state index contributed by atoms with van der Waals surface area (Å²) in [6.07, 6.45) is 1.97. The molecule has 1 fully saturated rings. The minimum atomic E-state index is -0.340. The molecule has 1 aliphatic rings. The van der Waals surface area contributed by atoms with Gasteiger partial charge in [0.15, 0.2) is 0 Å². The highest BCUT2D eigenvalue weighted by molar-refractivity contribution is 6.30. The van der Waals surface area contributed by atoms with Crippen LogP contribution in [0, 0.1) is 11.7 Å². The van der Waals surface area contributed by atoms with E-state index in [9.17, 15) is 4.39 Å². The molecule has 1 aliphatic heterocycles. The summed E-state index contributed by atoms with van der Waals surface area (Å²) >= 11 is 5.83. The second-order valence-electron chi connectivity index (χ2n) is 4.59. The van der Waals surface area contributed by atoms with E-state index in [1.54, 1.807) is 6.07 Å². The Kier molecular flexibility index (Phi) is 4.80. The summed E-state index contributed by atoms with van der Waals surface area (Å²) in [5.74, 6) is 0.124. The lowest BCUT2D eigenvalue weighted by atomic mass is 9.91. The van der Waals surface area contributed by atoms with Crippen molar-refractivity contribution in [3.05, 3.63) is 29.0 Å². The molecule has 3 N–H and O–H groups in total. The van der Waals surface area contributed by atoms with Gasteiger partial charge in [0, 0.05) is 36.5 Å². The molecule has 1 heterocycles. The molecule has 1 aromatic carbocycles. The van der Waals surface area contributed by atoms with E-state index in [0.717, 1.165) is 26.1 Å². The minimum Gasteiger partial charge on any atom is -0.381 e. The zero-order chi connectivity index (χ0) is 13.0. The van der Waals surface area contributed by atoms with Crippen molar-refractivity contribution in [2.45, 2.75) is 18.9 Å². The maximum atomic E-state index is 13.2. The van der Waals surface area contributed by atoms with Crippen LogP contribution in [0.15, 0.2) is 18.2 Å². The van der Waals surface area contributed by atoms with Gasteiger partial charge in [-0.15, -0.1) is 0 Å². The Balaban J connectivity index is 2.04. The van der Waals surface area contributed by atoms with Crippen molar-refractivity contribution in [1.29, 1.82) is 0 Å². The fraction of sp³-hybridized carbons (Fsp3) is 0.538. The predicted molar refractivity (Wildman–Crippen MR) is 71.4 cm³/mol. The molecular formula is C13H18ClFN2O. The van der Waals surface area contributed by atoms with Crippen molar-refractivity contribution in [1.82, 2.24) is 0 Å². The highest BCUT2D eigenvalue weighted by atomic mass is 35.5. The molecule has 2 rings (SSSR count). The number of hydrogen-bond donors (Lipinski definition) is 2. The van der Waals surface area contributed by atoms with Gasteiger partial charge in [0.25, 0.3) is 0 Å². The first-order chi connectivity index (χ1) is 8.69. The van der Waals surface area contributed by atoms with Gasteiger partial charge in [0.1, 0.15) is 5.82 Å². The predicted octanol–water partition coefficient (Wildman–Crippen LogP) is 2.64. The molecule has 1 unspecified atom stereocenters. The number of nitrogens with two attached hydrogens (primary N) is 1. The number of halogens is 2. The second kappa shape index (κ2) is 6.36. The minimum absolute atomic E-state index is 0.131. The summed E-state index contributed by atoms with van der Waals surface area (Å²) in [5.41, 5.74) is 6.48. The molecule has 3 nitrogen and oxygen atoms in total. The van der Waals surface area contributed by atoms with Crippen LogP contribution in [-0.2, 0) is 4.74 Å². The molecular weight excluding hydrogens is 255 g/mol. The van der Waals surface area contributed by atoms with Gasteiger partial charge in [-0.1, -0.05) is 11.6 Å². The molecule has 0 aliphatic carbocycles. The van der Waals surface area contributed by atoms with Gasteiger partial charge in [0.05, 0.1) is 0 Å². The average molecular weight is 273 g/mol. The molecule has 1 atom stereocenters. The monoisotopic (exact) mass is 272 g/mol. The van der Waals surface area contributed by atoms with E-state index in [1.165, 1.54) is 12.1 Å². The molecule has 0 spiro atoms. The van der Waals surface area contributed by atoms with Gasteiger partial charge >= 0.3 is 0 Å². The van der Waals surface area contributed by atoms with Crippen molar-refractivity contribution in [3.63, 3.8) is 0 Å². The summed E-state index contributed by atoms with van der Waals surface area (Å²) in [6, 6.07) is 4.57. The summed E-state index contributed by atoms with van der Waals surface area (Å²) in [5, 5.41) is 3.66. The van der Waals surface area contributed by atoms with Gasteiger partial charge in [-0.25, -0.2) is 4.39 Å². The number of ether oxygens (including phenoxy) is 1. The van der Waals surface area contributed by atoms with E-state index in [-0.39, 0.29) is 11.9 Å². The first kappa shape index (κ1) is 13.6. The van der Waals surface area contributed by atoms with Gasteiger partial charge < -0.3 is 15.8 Å². The lowest BCUT2D eigenvalue weighted by Crippen LogP contribution is -2.39. The molecule has 0 saturated carbocycles. The van der Waals surface area contributed by atoms with Crippen LogP contribution < -0.4 is 11.1 Å². The van der Waals surface area contributed by atoms with Gasteiger partial charge in [-0.2, -0.15) is 0 Å². The Morgan fingerprint density at radius 2 is 2.11 bits per heavy atom. The van der Waals surface area contributed by atoms with E-state index in [2.05, 4.69) is 5.32 Å². The smallest absolute Gasteiger partial charge is 0.126 e. The molecule has 1 saturated heterocycles. The Bertz CT molecular complexity index is 376. The molecule has 18 heavy (non-hydrogen) atoms. The zero-order valence-electron chi connectivity index (χ0n) is 10.2. The van der Waals surface area contributed by atoms with E-state index < -0.39 is 0 Å². The molecule has 5 heteroatoms. The fourth-order valence-corrected chi connectivity index (χ4v) is 2.56. The van der Waals surface area contributed by atoms with E-state index in [0.29, 0.717) is 23.2 Å². The van der Waals surface area contributed by atoms with Crippen LogP contribution >= 0.6 is 11.6 Å². The van der Waals surface area contributed by atoms with E-state index in [1.807, 2.05) is 0 Å². The Hall–Kier alpha value is -0.840. The van der Waals surface area contributed by atoms with Crippen LogP contribution in [0.4, 0.5) is 10.1 Å². The first-order valence-electron chi connectivity index (χ1n) is 6.19. The Morgan fingerprint density at radius 3 is 2.72 bits per heavy atom. The van der Waals surface area contributed by atoms with Crippen molar-refractivity contribution in [2.75, 3.05) is 25.1 Å². The van der Waals surface area contributed by atoms with Crippen LogP contribution in [0.5, 0.6) is 0 Å². The van der Waals surface area contributed by atoms with Crippen LogP contribution in [0.2, 0.25) is 5.02 Å². The Labute approximate surface area is 111 Å². The molecule has 100 valence electrons. The standard InChI is InChI=1S/C13H18ClFN2O/c14-10-5-11(15)7-12(6-10)17-13(8-16)9-1-3-18-4-2-9/h5-7,9,13,17H,1-4,8,16H2. The van der Waals surface area contributed by atoms with Gasteiger partial charge in [-0.3, -0.25) is 0 Å². The highest BCUT2D eigenvalue weighted by Crippen LogP contribution is 2.24. The summed E-state index contributed by atoms with van der Waals surface area (Å²) in [7, 11) is 0. The van der Waals surface area contributed by atoms with E-state index in [4.69, 9.17) is 22.1 Å². The Morgan fingerprint density at radius 1 is 1.39 bits per heavy atom. The van der Waals surface area contributed by atoms with Crippen molar-refractivity contribution < 1.29 is 9.13 Å². The zero-order valence-corrected chi connectivity index (χ0v) is 10.9. The lowest BCUT2D eigenvalue weighted by molar-refractivity contribution is 0.0613. The number of hydrogen-bond acceptors (Lipinski definition) is 3. The normalized spacial score (nSPS) is 18.6. The van der Waals surface area contributed by atoms with Crippen LogP contribution in [-0.4, -0.2) is 25.8 Å². The van der Waals surface area contributed by atoms with Crippen LogP contribution in [0.25, 0.3) is 0 Å². The average Bonchev–Trinajstić information content (AvgIpc) is 2.36. The summed E-state index contributed by atoms with van der Waals surface area (Å²) in [4.78, 5) is 0. The van der Waals surface area contributed by atoms with Crippen molar-refractivity contribution in [2.24, 2.45) is 11.7 Å². The lowest BCUT2D eigenvalue weighted by Gasteiger charge is -2.30. The molecule has 0 amide bonds. The summed E-state index contributed by atoms with van der Waals surface area (Å²) in [6.45, 7) is 2.05. The van der Waals surface area contributed by atoms with Gasteiger partial charge in [0.2, 0.25) is 0 Å². The quantitative estimate of drug-likeness (QED) is 0.886. The third-order valence-corrected chi connectivity index (χ3v) is 3.52. The van der Waals surface area contributed by atoms with Crippen LogP contribution in [0.3, 0.4) is 0 Å². The van der Waals surface area contributed by atoms with Gasteiger partial charge in [-0.05, 0) is 37.0 Å². The number of rotatable bonds is 4. The molecule has 0 radical (unpaired) electrons. The highest BCUT2D eigenvalue weighted by Gasteiger charge is 2.23. The maximum Gasteiger partial charge on any atom is 0.126 e. The SMILES string of the molecule is NCC(Nc1cc(F)cc(Cl)c1)C1CCOCC1. The number of benzene rings is 1. The fourth-order valence-electron chi connectivity index (χ4n) is 2.34. The first-order valence-corrected chi connectivity index (χ1v) is 6.57. The van der Waals surface area contributed by atoms with E-state index >= 15 is 0 Å². The number of nitrogens with one attached hydrogen (secondary N) is 1. The van der Waals surface area contributed by atoms with Crippen molar-refractivity contribution in [3.8, 4) is 0 Å². The molecule has 0 aromatic heterocycles. The second-order valence-corrected chi connectivity index (χ2v) is 5.03. The molecule has 1 aromatic rings. The third kappa shape index (κ3) is 3.57.